The van der Waals surface area contributed by atoms with Gasteiger partial charge in [-0.05, 0) is 52.4 Å². The van der Waals surface area contributed by atoms with E-state index in [-0.39, 0.29) is 18.1 Å². The van der Waals surface area contributed by atoms with Crippen LogP contribution in [-0.2, 0) is 14.3 Å². The molecule has 0 radical (unpaired) electrons. The van der Waals surface area contributed by atoms with Crippen molar-refractivity contribution in [1.82, 2.24) is 5.32 Å². The van der Waals surface area contributed by atoms with E-state index >= 15 is 0 Å². The quantitative estimate of drug-likeness (QED) is 0.699. The molecule has 124 valence electrons. The Morgan fingerprint density at radius 2 is 2.05 bits per heavy atom. The zero-order valence-electron chi connectivity index (χ0n) is 14.4. The molecule has 0 heterocycles. The van der Waals surface area contributed by atoms with Gasteiger partial charge in [0.15, 0.2) is 0 Å². The van der Waals surface area contributed by atoms with Gasteiger partial charge in [0.05, 0.1) is 12.7 Å². The van der Waals surface area contributed by atoms with Crippen LogP contribution in [0, 0.1) is 5.92 Å². The minimum absolute atomic E-state index is 0.115. The minimum Gasteiger partial charge on any atom is -0.465 e. The lowest BCUT2D eigenvalue weighted by atomic mass is 9.79. The van der Waals surface area contributed by atoms with Crippen LogP contribution < -0.4 is 5.32 Å². The Bertz CT molecular complexity index is 317. The zero-order valence-corrected chi connectivity index (χ0v) is 14.4. The Morgan fingerprint density at radius 1 is 1.33 bits per heavy atom. The number of carbonyl (C=O) groups is 1. The maximum atomic E-state index is 12.4. The van der Waals surface area contributed by atoms with E-state index in [1.54, 1.807) is 0 Å². The summed E-state index contributed by atoms with van der Waals surface area (Å²) in [5, 5.41) is 3.45. The fourth-order valence-electron chi connectivity index (χ4n) is 3.03. The van der Waals surface area contributed by atoms with Gasteiger partial charge in [-0.2, -0.15) is 0 Å². The molecule has 1 aliphatic carbocycles. The van der Waals surface area contributed by atoms with Crippen LogP contribution in [0.4, 0.5) is 0 Å². The van der Waals surface area contributed by atoms with Crippen molar-refractivity contribution in [2.75, 3.05) is 13.2 Å². The molecule has 1 rings (SSSR count). The van der Waals surface area contributed by atoms with Crippen molar-refractivity contribution < 1.29 is 14.3 Å². The number of nitrogens with one attached hydrogen (secondary N) is 1. The van der Waals surface area contributed by atoms with E-state index in [1.165, 1.54) is 0 Å². The summed E-state index contributed by atoms with van der Waals surface area (Å²) >= 11 is 0. The molecular weight excluding hydrogens is 266 g/mol. The first-order valence-electron chi connectivity index (χ1n) is 8.46. The average Bonchev–Trinajstić information content (AvgIpc) is 2.38. The normalized spacial score (nSPS) is 26.3. The van der Waals surface area contributed by atoms with E-state index in [4.69, 9.17) is 9.47 Å². The van der Waals surface area contributed by atoms with Crippen LogP contribution in [0.2, 0.25) is 0 Å². The van der Waals surface area contributed by atoms with Crippen molar-refractivity contribution in [2.45, 2.75) is 84.4 Å². The second-order valence-electron chi connectivity index (χ2n) is 6.87. The lowest BCUT2D eigenvalue weighted by Gasteiger charge is -2.40. The van der Waals surface area contributed by atoms with Crippen molar-refractivity contribution >= 4 is 5.97 Å². The van der Waals surface area contributed by atoms with Crippen LogP contribution in [0.25, 0.3) is 0 Å². The third kappa shape index (κ3) is 5.95. The number of ether oxygens (including phenoxy) is 2. The molecule has 0 saturated heterocycles. The molecule has 21 heavy (non-hydrogen) atoms. The SMILES string of the molecule is CCOC(=O)C1(NC(C)C)CCCC(OCCC(C)C)C1. The summed E-state index contributed by atoms with van der Waals surface area (Å²) in [5.41, 5.74) is -0.565. The van der Waals surface area contributed by atoms with Gasteiger partial charge in [0.25, 0.3) is 0 Å². The predicted octanol–water partition coefficient (Wildman–Crippen LogP) is 3.29. The average molecular weight is 299 g/mol. The molecule has 2 atom stereocenters. The largest absolute Gasteiger partial charge is 0.465 e. The number of carbonyl (C=O) groups excluding carboxylic acids is 1. The van der Waals surface area contributed by atoms with Gasteiger partial charge in [-0.15, -0.1) is 0 Å². The molecule has 0 bridgehead atoms. The van der Waals surface area contributed by atoms with Crippen molar-refractivity contribution in [3.05, 3.63) is 0 Å². The van der Waals surface area contributed by atoms with Crippen LogP contribution in [-0.4, -0.2) is 36.9 Å². The van der Waals surface area contributed by atoms with Gasteiger partial charge in [0.1, 0.15) is 5.54 Å². The van der Waals surface area contributed by atoms with Gasteiger partial charge in [0, 0.05) is 19.1 Å². The van der Waals surface area contributed by atoms with Crippen molar-refractivity contribution in [3.63, 3.8) is 0 Å². The molecule has 0 aliphatic heterocycles. The number of rotatable bonds is 8. The lowest BCUT2D eigenvalue weighted by Crippen LogP contribution is -2.59. The van der Waals surface area contributed by atoms with Gasteiger partial charge in [0.2, 0.25) is 0 Å². The zero-order chi connectivity index (χ0) is 15.9. The van der Waals surface area contributed by atoms with Gasteiger partial charge in [-0.1, -0.05) is 13.8 Å². The standard InChI is InChI=1S/C17H33NO3/c1-6-20-16(19)17(18-14(4)5)10-7-8-15(12-17)21-11-9-13(2)3/h13-15,18H,6-12H2,1-5H3. The minimum atomic E-state index is -0.565. The van der Waals surface area contributed by atoms with Gasteiger partial charge in [-0.25, -0.2) is 0 Å². The van der Waals surface area contributed by atoms with Crippen LogP contribution >= 0.6 is 0 Å². The number of hydrogen-bond acceptors (Lipinski definition) is 4. The molecule has 0 amide bonds. The summed E-state index contributed by atoms with van der Waals surface area (Å²) in [7, 11) is 0. The van der Waals surface area contributed by atoms with E-state index in [0.29, 0.717) is 12.5 Å². The summed E-state index contributed by atoms with van der Waals surface area (Å²) in [5.74, 6) is 0.535. The highest BCUT2D eigenvalue weighted by Crippen LogP contribution is 2.32. The Balaban J connectivity index is 2.66. The Labute approximate surface area is 130 Å². The van der Waals surface area contributed by atoms with Crippen LogP contribution in [0.15, 0.2) is 0 Å². The fourth-order valence-corrected chi connectivity index (χ4v) is 3.03. The highest BCUT2D eigenvalue weighted by Gasteiger charge is 2.44. The molecule has 0 aromatic heterocycles. The molecule has 0 aromatic rings. The van der Waals surface area contributed by atoms with E-state index in [2.05, 4.69) is 33.0 Å². The van der Waals surface area contributed by atoms with E-state index < -0.39 is 5.54 Å². The highest BCUT2D eigenvalue weighted by molar-refractivity contribution is 5.81. The third-order valence-electron chi connectivity index (χ3n) is 3.99. The van der Waals surface area contributed by atoms with Gasteiger partial charge < -0.3 is 9.47 Å². The molecule has 4 nitrogen and oxygen atoms in total. The summed E-state index contributed by atoms with van der Waals surface area (Å²) < 4.78 is 11.3. The highest BCUT2D eigenvalue weighted by atomic mass is 16.5. The Kier molecular flexibility index (Phi) is 7.67. The lowest BCUT2D eigenvalue weighted by molar-refractivity contribution is -0.156. The molecule has 0 spiro atoms. The van der Waals surface area contributed by atoms with Crippen molar-refractivity contribution in [1.29, 1.82) is 0 Å². The topological polar surface area (TPSA) is 47.6 Å². The second-order valence-corrected chi connectivity index (χ2v) is 6.87. The first kappa shape index (κ1) is 18.4. The van der Waals surface area contributed by atoms with Gasteiger partial charge >= 0.3 is 5.97 Å². The van der Waals surface area contributed by atoms with Crippen LogP contribution in [0.3, 0.4) is 0 Å². The van der Waals surface area contributed by atoms with Crippen molar-refractivity contribution in [3.8, 4) is 0 Å². The monoisotopic (exact) mass is 299 g/mol. The van der Waals surface area contributed by atoms with Crippen LogP contribution in [0.1, 0.15) is 66.7 Å². The molecular formula is C17H33NO3. The number of hydrogen-bond donors (Lipinski definition) is 1. The maximum absolute atomic E-state index is 12.4. The van der Waals surface area contributed by atoms with Crippen LogP contribution in [0.5, 0.6) is 0 Å². The maximum Gasteiger partial charge on any atom is 0.326 e. The molecule has 1 aliphatic rings. The van der Waals surface area contributed by atoms with Crippen molar-refractivity contribution in [2.24, 2.45) is 5.92 Å². The smallest absolute Gasteiger partial charge is 0.326 e. The summed E-state index contributed by atoms with van der Waals surface area (Å²) in [6, 6.07) is 0.254. The van der Waals surface area contributed by atoms with E-state index in [0.717, 1.165) is 38.7 Å². The molecule has 1 saturated carbocycles. The molecule has 1 fully saturated rings. The van der Waals surface area contributed by atoms with E-state index in [1.807, 2.05) is 6.92 Å². The Morgan fingerprint density at radius 3 is 2.62 bits per heavy atom. The third-order valence-corrected chi connectivity index (χ3v) is 3.99. The first-order valence-corrected chi connectivity index (χ1v) is 8.46. The first-order chi connectivity index (χ1) is 9.89. The molecule has 0 aromatic carbocycles. The van der Waals surface area contributed by atoms with E-state index in [9.17, 15) is 4.79 Å². The summed E-state index contributed by atoms with van der Waals surface area (Å²) in [6.07, 6.45) is 4.84. The molecule has 1 N–H and O–H groups in total. The second kappa shape index (κ2) is 8.74. The summed E-state index contributed by atoms with van der Waals surface area (Å²) in [4.78, 5) is 12.4. The Hall–Kier alpha value is -0.610. The molecule has 2 unspecified atom stereocenters. The summed E-state index contributed by atoms with van der Waals surface area (Å²) in [6.45, 7) is 11.6. The molecule has 4 heteroatoms. The number of esters is 1. The fraction of sp³-hybridized carbons (Fsp3) is 0.941. The predicted molar refractivity (Wildman–Crippen MR) is 85.3 cm³/mol. The van der Waals surface area contributed by atoms with Gasteiger partial charge in [-0.3, -0.25) is 10.1 Å².